The number of unbranched alkanes of at least 4 members (excludes halogenated alkanes) is 1. The molecule has 2 fully saturated rings. The van der Waals surface area contributed by atoms with Crippen LogP contribution < -0.4 is 0 Å². The molecule has 0 N–H and O–H groups in total. The largest absolute Gasteiger partial charge is 0.380 e. The second kappa shape index (κ2) is 10.5. The molecular weight excluding hydrogens is 354 g/mol. The standard InChI is InChI=1S/C25H36F2O/c1-3-4-5-6-18-7-9-19(10-8-18)20-11-13-21(14-12-20)22-15-24(26)23(17-28-2)25(27)16-22/h5-6,15-16,18-21H,3-4,7-14,17H2,1-2H3/b6-5+/t18?,19?,20-,21-. The molecular formula is C25H36F2O. The van der Waals surface area contributed by atoms with Crippen LogP contribution in [0.1, 0.15) is 88.2 Å². The average Bonchev–Trinajstić information content (AvgIpc) is 2.71. The molecule has 0 atom stereocenters. The van der Waals surface area contributed by atoms with Crippen molar-refractivity contribution in [3.63, 3.8) is 0 Å². The number of methoxy groups -OCH3 is 1. The lowest BCUT2D eigenvalue weighted by Crippen LogP contribution is -2.25. The van der Waals surface area contributed by atoms with Gasteiger partial charge in [0.25, 0.3) is 0 Å². The summed E-state index contributed by atoms with van der Waals surface area (Å²) in [5.74, 6) is 1.82. The smallest absolute Gasteiger partial charge is 0.131 e. The normalized spacial score (nSPS) is 28.7. The first-order chi connectivity index (χ1) is 13.6. The second-order valence-electron chi connectivity index (χ2n) is 8.90. The van der Waals surface area contributed by atoms with Gasteiger partial charge in [-0.05, 0) is 99.2 Å². The molecule has 28 heavy (non-hydrogen) atoms. The predicted octanol–water partition coefficient (Wildman–Crippen LogP) is 7.55. The van der Waals surface area contributed by atoms with Crippen molar-refractivity contribution in [2.75, 3.05) is 7.11 Å². The molecule has 0 radical (unpaired) electrons. The lowest BCUT2D eigenvalue weighted by Gasteiger charge is -2.37. The third-order valence-electron chi connectivity index (χ3n) is 7.04. The maximum Gasteiger partial charge on any atom is 0.131 e. The molecule has 0 spiro atoms. The monoisotopic (exact) mass is 390 g/mol. The summed E-state index contributed by atoms with van der Waals surface area (Å²) in [6.07, 6.45) is 17.2. The van der Waals surface area contributed by atoms with Gasteiger partial charge in [0.05, 0.1) is 6.61 Å². The van der Waals surface area contributed by atoms with Gasteiger partial charge >= 0.3 is 0 Å². The van der Waals surface area contributed by atoms with E-state index in [-0.39, 0.29) is 12.2 Å². The predicted molar refractivity (Wildman–Crippen MR) is 111 cm³/mol. The Morgan fingerprint density at radius 2 is 1.50 bits per heavy atom. The van der Waals surface area contributed by atoms with E-state index in [9.17, 15) is 8.78 Å². The zero-order valence-corrected chi connectivity index (χ0v) is 17.6. The lowest BCUT2D eigenvalue weighted by molar-refractivity contribution is 0.170. The summed E-state index contributed by atoms with van der Waals surface area (Å²) in [7, 11) is 1.46. The van der Waals surface area contributed by atoms with Gasteiger partial charge in [-0.3, -0.25) is 0 Å². The van der Waals surface area contributed by atoms with Gasteiger partial charge in [-0.25, -0.2) is 8.78 Å². The number of ether oxygens (including phenoxy) is 1. The first kappa shape index (κ1) is 21.5. The van der Waals surface area contributed by atoms with Crippen LogP contribution in [0.4, 0.5) is 8.78 Å². The molecule has 0 bridgehead atoms. The van der Waals surface area contributed by atoms with Crippen molar-refractivity contribution in [2.45, 2.75) is 83.7 Å². The molecule has 0 heterocycles. The number of hydrogen-bond acceptors (Lipinski definition) is 1. The summed E-state index contributed by atoms with van der Waals surface area (Å²) < 4.78 is 33.4. The average molecular weight is 391 g/mol. The van der Waals surface area contributed by atoms with Crippen molar-refractivity contribution >= 4 is 0 Å². The Balaban J connectivity index is 1.50. The Hall–Kier alpha value is -1.22. The van der Waals surface area contributed by atoms with E-state index in [0.29, 0.717) is 5.92 Å². The van der Waals surface area contributed by atoms with E-state index in [0.717, 1.165) is 36.2 Å². The third kappa shape index (κ3) is 5.43. The molecule has 2 aliphatic carbocycles. The quantitative estimate of drug-likeness (QED) is 0.437. The maximum atomic E-state index is 14.2. The van der Waals surface area contributed by atoms with Gasteiger partial charge in [-0.1, -0.05) is 25.5 Å². The Morgan fingerprint density at radius 3 is 2.04 bits per heavy atom. The Bertz CT molecular complexity index is 615. The molecule has 156 valence electrons. The molecule has 0 aliphatic heterocycles. The van der Waals surface area contributed by atoms with Crippen LogP contribution in [0.3, 0.4) is 0 Å². The summed E-state index contributed by atoms with van der Waals surface area (Å²) in [5, 5.41) is 0. The van der Waals surface area contributed by atoms with Crippen molar-refractivity contribution in [1.82, 2.24) is 0 Å². The minimum atomic E-state index is -0.464. The van der Waals surface area contributed by atoms with Crippen LogP contribution in [0, 0.1) is 29.4 Å². The van der Waals surface area contributed by atoms with Crippen LogP contribution in [-0.2, 0) is 11.3 Å². The molecule has 0 amide bonds. The van der Waals surface area contributed by atoms with Crippen molar-refractivity contribution < 1.29 is 13.5 Å². The van der Waals surface area contributed by atoms with Crippen LogP contribution >= 0.6 is 0 Å². The molecule has 0 unspecified atom stereocenters. The molecule has 0 saturated heterocycles. The summed E-state index contributed by atoms with van der Waals surface area (Å²) >= 11 is 0. The van der Waals surface area contributed by atoms with Crippen molar-refractivity contribution in [2.24, 2.45) is 17.8 Å². The van der Waals surface area contributed by atoms with Gasteiger partial charge in [0.2, 0.25) is 0 Å². The summed E-state index contributed by atoms with van der Waals surface area (Å²) in [6.45, 7) is 2.22. The number of hydrogen-bond donors (Lipinski definition) is 0. The molecule has 1 aromatic rings. The van der Waals surface area contributed by atoms with E-state index in [1.807, 2.05) is 0 Å². The summed E-state index contributed by atoms with van der Waals surface area (Å²) in [5.41, 5.74) is 0.878. The second-order valence-corrected chi connectivity index (χ2v) is 8.90. The molecule has 2 aliphatic rings. The Kier molecular flexibility index (Phi) is 8.08. The van der Waals surface area contributed by atoms with Crippen LogP contribution in [0.15, 0.2) is 24.3 Å². The van der Waals surface area contributed by atoms with Gasteiger partial charge in [0.15, 0.2) is 0 Å². The van der Waals surface area contributed by atoms with Gasteiger partial charge in [-0.2, -0.15) is 0 Å². The van der Waals surface area contributed by atoms with Gasteiger partial charge in [0.1, 0.15) is 11.6 Å². The minimum absolute atomic E-state index is 0.0129. The lowest BCUT2D eigenvalue weighted by atomic mass is 9.68. The first-order valence-electron chi connectivity index (χ1n) is 11.3. The topological polar surface area (TPSA) is 9.23 Å². The molecule has 3 heteroatoms. The van der Waals surface area contributed by atoms with Crippen molar-refractivity contribution in [1.29, 1.82) is 0 Å². The zero-order chi connectivity index (χ0) is 19.9. The van der Waals surface area contributed by atoms with E-state index >= 15 is 0 Å². The fraction of sp³-hybridized carbons (Fsp3) is 0.680. The Morgan fingerprint density at radius 1 is 0.929 bits per heavy atom. The van der Waals surface area contributed by atoms with E-state index in [1.165, 1.54) is 70.6 Å². The van der Waals surface area contributed by atoms with E-state index in [2.05, 4.69) is 19.1 Å². The highest BCUT2D eigenvalue weighted by Gasteiger charge is 2.31. The SMILES string of the molecule is CCC/C=C/C1CCC([C@H]2CC[C@H](c3cc(F)c(COC)c(F)c3)CC2)CC1. The summed E-state index contributed by atoms with van der Waals surface area (Å²) in [6, 6.07) is 3.08. The number of rotatable bonds is 7. The van der Waals surface area contributed by atoms with Gasteiger partial charge in [-0.15, -0.1) is 0 Å². The van der Waals surface area contributed by atoms with Crippen LogP contribution in [0.25, 0.3) is 0 Å². The highest BCUT2D eigenvalue weighted by Crippen LogP contribution is 2.44. The van der Waals surface area contributed by atoms with E-state index < -0.39 is 11.6 Å². The molecule has 1 aromatic carbocycles. The number of halogens is 2. The molecule has 3 rings (SSSR count). The molecule has 0 aromatic heterocycles. The zero-order valence-electron chi connectivity index (χ0n) is 17.6. The molecule has 2 saturated carbocycles. The Labute approximate surface area is 169 Å². The highest BCUT2D eigenvalue weighted by molar-refractivity contribution is 5.28. The highest BCUT2D eigenvalue weighted by atomic mass is 19.1. The minimum Gasteiger partial charge on any atom is -0.380 e. The molecule has 1 nitrogen and oxygen atoms in total. The van der Waals surface area contributed by atoms with Crippen molar-refractivity contribution in [3.05, 3.63) is 47.0 Å². The first-order valence-corrected chi connectivity index (χ1v) is 11.3. The van der Waals surface area contributed by atoms with E-state index in [4.69, 9.17) is 4.74 Å². The maximum absolute atomic E-state index is 14.2. The van der Waals surface area contributed by atoms with Crippen LogP contribution in [0.5, 0.6) is 0 Å². The van der Waals surface area contributed by atoms with Crippen LogP contribution in [-0.4, -0.2) is 7.11 Å². The fourth-order valence-corrected chi connectivity index (χ4v) is 5.33. The number of allylic oxidation sites excluding steroid dienone is 2. The van der Waals surface area contributed by atoms with Crippen molar-refractivity contribution in [3.8, 4) is 0 Å². The van der Waals surface area contributed by atoms with E-state index in [1.54, 1.807) is 0 Å². The van der Waals surface area contributed by atoms with Gasteiger partial charge < -0.3 is 4.74 Å². The summed E-state index contributed by atoms with van der Waals surface area (Å²) in [4.78, 5) is 0. The number of benzene rings is 1. The van der Waals surface area contributed by atoms with Crippen LogP contribution in [0.2, 0.25) is 0 Å². The third-order valence-corrected chi connectivity index (χ3v) is 7.04. The fourth-order valence-electron chi connectivity index (χ4n) is 5.33. The van der Waals surface area contributed by atoms with Gasteiger partial charge in [0, 0.05) is 12.7 Å².